The van der Waals surface area contributed by atoms with Crippen molar-refractivity contribution in [1.82, 2.24) is 0 Å². The van der Waals surface area contributed by atoms with Crippen LogP contribution in [0.1, 0.15) is 39.5 Å². The van der Waals surface area contributed by atoms with Crippen LogP contribution in [0.15, 0.2) is 140 Å². The van der Waals surface area contributed by atoms with Crippen molar-refractivity contribution < 1.29 is 23.9 Å². The third-order valence-corrected chi connectivity index (χ3v) is 10.6. The average Bonchev–Trinajstić information content (AvgIpc) is 3.65. The number of ether oxygens (including phenoxy) is 1. The zero-order valence-corrected chi connectivity index (χ0v) is 27.3. The maximum absolute atomic E-state index is 15.9. The molecule has 2 aliphatic carbocycles. The van der Waals surface area contributed by atoms with E-state index in [1.807, 2.05) is 121 Å². The Labute approximate surface area is 288 Å². The van der Waals surface area contributed by atoms with E-state index in [1.54, 1.807) is 13.0 Å². The van der Waals surface area contributed by atoms with Gasteiger partial charge < -0.3 is 4.74 Å². The highest BCUT2D eigenvalue weighted by Crippen LogP contribution is 2.74. The molecule has 49 heavy (non-hydrogen) atoms. The molecule has 5 aromatic carbocycles. The second kappa shape index (κ2) is 11.5. The van der Waals surface area contributed by atoms with Crippen LogP contribution in [0.3, 0.4) is 0 Å². The summed E-state index contributed by atoms with van der Waals surface area (Å²) in [6.45, 7) is 1.81. The van der Waals surface area contributed by atoms with Crippen molar-refractivity contribution in [3.63, 3.8) is 0 Å². The fraction of sp³-hybridized carbons (Fsp3) is 0.143. The molecular formula is C42H30ClNO5. The van der Waals surface area contributed by atoms with Crippen LogP contribution in [0.25, 0.3) is 11.1 Å². The average molecular weight is 664 g/mol. The molecule has 2 bridgehead atoms. The van der Waals surface area contributed by atoms with Crippen molar-refractivity contribution in [2.45, 2.75) is 17.8 Å². The molecule has 0 aromatic heterocycles. The standard InChI is InChI=1S/C42H30ClNO5/c1-2-49-39(47)31-25-30(23-24-32(31)43)44-37(45)35-36(38(44)46)42(29-21-13-6-14-22-29)34(27-17-9-4-10-18-27)33(26-15-7-3-8-16-26)41(35,40(42)48)28-19-11-5-12-20-28/h3-25,35-36H,2H2,1H3/t35-,36+,41-,42-/m0/s1. The fourth-order valence-corrected chi connectivity index (χ4v) is 8.80. The summed E-state index contributed by atoms with van der Waals surface area (Å²) >= 11 is 6.42. The summed E-state index contributed by atoms with van der Waals surface area (Å²) in [7, 11) is 0. The predicted octanol–water partition coefficient (Wildman–Crippen LogP) is 7.71. The Morgan fingerprint density at radius 2 is 1.08 bits per heavy atom. The molecule has 2 fully saturated rings. The summed E-state index contributed by atoms with van der Waals surface area (Å²) in [6.07, 6.45) is 0. The minimum absolute atomic E-state index is 0.0429. The second-order valence-electron chi connectivity index (χ2n) is 12.5. The van der Waals surface area contributed by atoms with Crippen LogP contribution in [0.5, 0.6) is 0 Å². The van der Waals surface area contributed by atoms with Gasteiger partial charge >= 0.3 is 5.97 Å². The molecule has 7 heteroatoms. The predicted molar refractivity (Wildman–Crippen MR) is 188 cm³/mol. The van der Waals surface area contributed by atoms with Crippen molar-refractivity contribution >= 4 is 52.0 Å². The molecule has 0 radical (unpaired) electrons. The van der Waals surface area contributed by atoms with Crippen LogP contribution >= 0.6 is 11.6 Å². The monoisotopic (exact) mass is 663 g/mol. The summed E-state index contributed by atoms with van der Waals surface area (Å²) < 4.78 is 5.22. The lowest BCUT2D eigenvalue weighted by Gasteiger charge is -2.39. The van der Waals surface area contributed by atoms with E-state index in [2.05, 4.69) is 0 Å². The molecule has 4 atom stereocenters. The largest absolute Gasteiger partial charge is 0.462 e. The number of fused-ring (bicyclic) bond motifs is 5. The molecule has 0 N–H and O–H groups in total. The fourth-order valence-electron chi connectivity index (χ4n) is 8.61. The number of carbonyl (C=O) groups is 4. The van der Waals surface area contributed by atoms with E-state index in [0.29, 0.717) is 22.3 Å². The molecule has 3 aliphatic rings. The zero-order chi connectivity index (χ0) is 33.9. The van der Waals surface area contributed by atoms with Gasteiger partial charge in [-0.25, -0.2) is 9.69 Å². The molecule has 240 valence electrons. The number of halogens is 1. The molecule has 1 aliphatic heterocycles. The summed E-state index contributed by atoms with van der Waals surface area (Å²) in [4.78, 5) is 60.3. The zero-order valence-electron chi connectivity index (χ0n) is 26.5. The number of anilines is 1. The number of hydrogen-bond donors (Lipinski definition) is 0. The number of rotatable bonds is 7. The summed E-state index contributed by atoms with van der Waals surface area (Å²) in [6, 6.07) is 42.6. The number of nitrogens with zero attached hydrogens (tertiary/aromatic N) is 1. The molecule has 0 spiro atoms. The first-order valence-electron chi connectivity index (χ1n) is 16.2. The molecule has 2 amide bonds. The highest BCUT2D eigenvalue weighted by molar-refractivity contribution is 6.39. The Hall–Kier alpha value is -5.59. The summed E-state index contributed by atoms with van der Waals surface area (Å²) in [5, 5.41) is 0.137. The van der Waals surface area contributed by atoms with E-state index < -0.39 is 40.4 Å². The van der Waals surface area contributed by atoms with Gasteiger partial charge in [-0.3, -0.25) is 14.4 Å². The number of amides is 2. The number of Topliss-reactive ketones (excluding diaryl/α,β-unsaturated/α-hetero) is 1. The van der Waals surface area contributed by atoms with E-state index in [-0.39, 0.29) is 28.7 Å². The van der Waals surface area contributed by atoms with Crippen molar-refractivity contribution in [1.29, 1.82) is 0 Å². The SMILES string of the molecule is CCOC(=O)c1cc(N2C(=O)[C@@H]3[C@H](C2=O)[C@@]2(c4ccccc4)C(=O)[C@@]3(c3ccccc3)C(c3ccccc3)=C2c2ccccc2)ccc1Cl. The van der Waals surface area contributed by atoms with Crippen molar-refractivity contribution in [2.75, 3.05) is 11.5 Å². The highest BCUT2D eigenvalue weighted by Gasteiger charge is 2.82. The normalized spacial score (nSPS) is 24.0. The first kappa shape index (κ1) is 30.7. The molecule has 5 aromatic rings. The van der Waals surface area contributed by atoms with Gasteiger partial charge in [0.05, 0.1) is 45.5 Å². The van der Waals surface area contributed by atoms with Crippen LogP contribution in [-0.4, -0.2) is 30.2 Å². The van der Waals surface area contributed by atoms with Gasteiger partial charge in [-0.1, -0.05) is 133 Å². The number of hydrogen-bond acceptors (Lipinski definition) is 5. The molecule has 6 nitrogen and oxygen atoms in total. The minimum atomic E-state index is -1.52. The first-order chi connectivity index (χ1) is 23.9. The summed E-state index contributed by atoms with van der Waals surface area (Å²) in [5.74, 6) is -4.05. The van der Waals surface area contributed by atoms with E-state index in [1.165, 1.54) is 12.1 Å². The van der Waals surface area contributed by atoms with Crippen LogP contribution in [0.4, 0.5) is 5.69 Å². The van der Waals surface area contributed by atoms with E-state index >= 15 is 14.4 Å². The molecule has 1 heterocycles. The molecule has 1 saturated heterocycles. The minimum Gasteiger partial charge on any atom is -0.462 e. The summed E-state index contributed by atoms with van der Waals surface area (Å²) in [5.41, 5.74) is 1.50. The van der Waals surface area contributed by atoms with Gasteiger partial charge in [0.15, 0.2) is 5.78 Å². The lowest BCUT2D eigenvalue weighted by atomic mass is 9.59. The van der Waals surface area contributed by atoms with Gasteiger partial charge in [0.1, 0.15) is 0 Å². The Morgan fingerprint density at radius 3 is 1.51 bits per heavy atom. The van der Waals surface area contributed by atoms with E-state index in [0.717, 1.165) is 16.0 Å². The molecule has 8 rings (SSSR count). The number of esters is 1. The number of allylic oxidation sites excluding steroid dienone is 2. The number of benzene rings is 5. The number of imide groups is 1. The van der Waals surface area contributed by atoms with Crippen LogP contribution in [0.2, 0.25) is 5.02 Å². The Kier molecular flexibility index (Phi) is 7.23. The first-order valence-corrected chi connectivity index (χ1v) is 16.6. The highest BCUT2D eigenvalue weighted by atomic mass is 35.5. The topological polar surface area (TPSA) is 80.8 Å². The Bertz CT molecular complexity index is 2060. The van der Waals surface area contributed by atoms with Crippen molar-refractivity contribution in [2.24, 2.45) is 11.8 Å². The third-order valence-electron chi connectivity index (χ3n) is 10.3. The van der Waals surface area contributed by atoms with Gasteiger partial charge in [-0.2, -0.15) is 0 Å². The van der Waals surface area contributed by atoms with Gasteiger partial charge in [0.2, 0.25) is 11.8 Å². The van der Waals surface area contributed by atoms with E-state index in [4.69, 9.17) is 16.3 Å². The molecule has 1 saturated carbocycles. The quantitative estimate of drug-likeness (QED) is 0.132. The Morgan fingerprint density at radius 1 is 0.653 bits per heavy atom. The smallest absolute Gasteiger partial charge is 0.339 e. The van der Waals surface area contributed by atoms with Gasteiger partial charge in [0, 0.05) is 0 Å². The lowest BCUT2D eigenvalue weighted by molar-refractivity contribution is -0.130. The number of carbonyl (C=O) groups excluding carboxylic acids is 4. The van der Waals surface area contributed by atoms with Gasteiger partial charge in [-0.05, 0) is 58.5 Å². The van der Waals surface area contributed by atoms with E-state index in [9.17, 15) is 4.79 Å². The maximum atomic E-state index is 15.9. The molecular weight excluding hydrogens is 634 g/mol. The lowest BCUT2D eigenvalue weighted by Crippen LogP contribution is -2.45. The number of ketones is 1. The van der Waals surface area contributed by atoms with Gasteiger partial charge in [-0.15, -0.1) is 0 Å². The van der Waals surface area contributed by atoms with Gasteiger partial charge in [0.25, 0.3) is 0 Å². The second-order valence-corrected chi connectivity index (χ2v) is 12.9. The Balaban J connectivity index is 1.49. The molecule has 0 unspecified atom stereocenters. The van der Waals surface area contributed by atoms with Crippen LogP contribution < -0.4 is 4.90 Å². The van der Waals surface area contributed by atoms with Crippen LogP contribution in [0, 0.1) is 11.8 Å². The van der Waals surface area contributed by atoms with Crippen LogP contribution in [-0.2, 0) is 30.0 Å². The van der Waals surface area contributed by atoms with Crippen molar-refractivity contribution in [3.05, 3.63) is 172 Å². The maximum Gasteiger partial charge on any atom is 0.339 e. The third kappa shape index (κ3) is 4.07. The van der Waals surface area contributed by atoms with Crippen molar-refractivity contribution in [3.8, 4) is 0 Å².